The van der Waals surface area contributed by atoms with E-state index in [2.05, 4.69) is 28.0 Å². The predicted octanol–water partition coefficient (Wildman–Crippen LogP) is 2.47. The van der Waals surface area contributed by atoms with Gasteiger partial charge in [0, 0.05) is 41.7 Å². The zero-order valence-corrected chi connectivity index (χ0v) is 11.8. The molecule has 3 rings (SSSR count). The summed E-state index contributed by atoms with van der Waals surface area (Å²) in [6.45, 7) is 0. The van der Waals surface area contributed by atoms with Crippen molar-refractivity contribution in [1.82, 2.24) is 14.9 Å². The summed E-state index contributed by atoms with van der Waals surface area (Å²) < 4.78 is 2.10. The molecule has 18 heavy (non-hydrogen) atoms. The molecule has 0 fully saturated rings. The Balaban J connectivity index is 1.81. The largest absolute Gasteiger partial charge is 0.338 e. The summed E-state index contributed by atoms with van der Waals surface area (Å²) in [6, 6.07) is 2.79. The summed E-state index contributed by atoms with van der Waals surface area (Å²) in [6.07, 6.45) is 8.72. The van der Waals surface area contributed by atoms with Crippen molar-refractivity contribution >= 4 is 11.3 Å². The number of aryl methyl sites for hydroxylation is 3. The fourth-order valence-corrected chi connectivity index (χ4v) is 4.01. The molecule has 0 bridgehead atoms. The van der Waals surface area contributed by atoms with Gasteiger partial charge in [-0.25, -0.2) is 4.98 Å². The van der Waals surface area contributed by atoms with Crippen LogP contribution in [-0.4, -0.2) is 16.6 Å². The molecule has 0 aromatic carbocycles. The molecule has 0 spiro atoms. The Kier molecular flexibility index (Phi) is 3.22. The fraction of sp³-hybridized carbons (Fsp3) is 0.500. The van der Waals surface area contributed by atoms with Crippen LogP contribution in [0.5, 0.6) is 0 Å². The Morgan fingerprint density at radius 3 is 3.06 bits per heavy atom. The third kappa shape index (κ3) is 2.10. The maximum absolute atomic E-state index is 4.42. The minimum Gasteiger partial charge on any atom is -0.338 e. The number of fused-ring (bicyclic) bond motifs is 1. The summed E-state index contributed by atoms with van der Waals surface area (Å²) in [4.78, 5) is 7.49. The van der Waals surface area contributed by atoms with E-state index in [0.717, 1.165) is 12.2 Å². The van der Waals surface area contributed by atoms with Crippen molar-refractivity contribution in [1.29, 1.82) is 0 Å². The molecule has 1 aliphatic carbocycles. The monoisotopic (exact) mass is 261 g/mol. The normalized spacial score (nSPS) is 15.9. The van der Waals surface area contributed by atoms with Crippen LogP contribution in [0.25, 0.3) is 0 Å². The van der Waals surface area contributed by atoms with Crippen molar-refractivity contribution < 1.29 is 0 Å². The van der Waals surface area contributed by atoms with Gasteiger partial charge in [-0.1, -0.05) is 0 Å². The van der Waals surface area contributed by atoms with E-state index >= 15 is 0 Å². The number of rotatable bonds is 4. The lowest BCUT2D eigenvalue weighted by molar-refractivity contribution is 0.572. The standard InChI is InChI=1S/C14H19N3S/c1-15-11(9-14-16-6-7-17(14)2)13-8-10-4-3-5-12(10)18-13/h6-8,11,15H,3-5,9H2,1-2H3. The number of hydrogen-bond donors (Lipinski definition) is 1. The van der Waals surface area contributed by atoms with E-state index in [1.807, 2.05) is 30.8 Å². The smallest absolute Gasteiger partial charge is 0.110 e. The van der Waals surface area contributed by atoms with Crippen LogP contribution in [-0.2, 0) is 26.3 Å². The number of nitrogens with zero attached hydrogens (tertiary/aromatic N) is 2. The Labute approximate surface area is 112 Å². The van der Waals surface area contributed by atoms with Gasteiger partial charge >= 0.3 is 0 Å². The lowest BCUT2D eigenvalue weighted by Gasteiger charge is -2.14. The summed E-state index contributed by atoms with van der Waals surface area (Å²) >= 11 is 1.98. The average molecular weight is 261 g/mol. The molecule has 4 heteroatoms. The van der Waals surface area contributed by atoms with Gasteiger partial charge in [0.2, 0.25) is 0 Å². The molecule has 0 radical (unpaired) electrons. The summed E-state index contributed by atoms with van der Waals surface area (Å²) in [7, 11) is 4.10. The molecule has 0 amide bonds. The van der Waals surface area contributed by atoms with Gasteiger partial charge in [-0.2, -0.15) is 0 Å². The first-order valence-corrected chi connectivity index (χ1v) is 7.34. The van der Waals surface area contributed by atoms with Gasteiger partial charge in [-0.05, 0) is 37.9 Å². The maximum Gasteiger partial charge on any atom is 0.110 e. The molecule has 2 aromatic rings. The molecule has 3 nitrogen and oxygen atoms in total. The van der Waals surface area contributed by atoms with Crippen LogP contribution >= 0.6 is 11.3 Å². The highest BCUT2D eigenvalue weighted by Crippen LogP contribution is 2.34. The van der Waals surface area contributed by atoms with Crippen molar-refractivity contribution in [3.05, 3.63) is 39.6 Å². The second kappa shape index (κ2) is 4.86. The first kappa shape index (κ1) is 11.9. The molecule has 0 saturated carbocycles. The predicted molar refractivity (Wildman–Crippen MR) is 75.1 cm³/mol. The SMILES string of the molecule is CNC(Cc1nccn1C)c1cc2c(s1)CCC2. The molecule has 2 aromatic heterocycles. The fourth-order valence-electron chi connectivity index (χ4n) is 2.64. The van der Waals surface area contributed by atoms with Crippen LogP contribution in [0.2, 0.25) is 0 Å². The molecule has 0 saturated heterocycles. The highest BCUT2D eigenvalue weighted by atomic mass is 32.1. The van der Waals surface area contributed by atoms with Crippen molar-refractivity contribution in [3.8, 4) is 0 Å². The van der Waals surface area contributed by atoms with Gasteiger partial charge in [0.25, 0.3) is 0 Å². The van der Waals surface area contributed by atoms with Crippen molar-refractivity contribution in [2.24, 2.45) is 7.05 Å². The number of thiophene rings is 1. The van der Waals surface area contributed by atoms with Crippen LogP contribution in [0.4, 0.5) is 0 Å². The van der Waals surface area contributed by atoms with E-state index in [1.165, 1.54) is 24.1 Å². The molecular weight excluding hydrogens is 242 g/mol. The highest BCUT2D eigenvalue weighted by molar-refractivity contribution is 7.12. The van der Waals surface area contributed by atoms with E-state index in [1.54, 1.807) is 10.4 Å². The van der Waals surface area contributed by atoms with Crippen LogP contribution in [0.1, 0.15) is 33.6 Å². The van der Waals surface area contributed by atoms with Gasteiger partial charge in [0.15, 0.2) is 0 Å². The van der Waals surface area contributed by atoms with Gasteiger partial charge in [0.05, 0.1) is 0 Å². The second-order valence-electron chi connectivity index (χ2n) is 4.95. The third-order valence-corrected chi connectivity index (χ3v) is 5.12. The van der Waals surface area contributed by atoms with Crippen LogP contribution < -0.4 is 5.32 Å². The Morgan fingerprint density at radius 2 is 2.39 bits per heavy atom. The molecule has 2 heterocycles. The van der Waals surface area contributed by atoms with Crippen LogP contribution in [0.3, 0.4) is 0 Å². The van der Waals surface area contributed by atoms with E-state index in [-0.39, 0.29) is 0 Å². The van der Waals surface area contributed by atoms with Crippen LogP contribution in [0, 0.1) is 0 Å². The van der Waals surface area contributed by atoms with Gasteiger partial charge in [-0.15, -0.1) is 11.3 Å². The average Bonchev–Trinajstić information content (AvgIpc) is 3.01. The zero-order chi connectivity index (χ0) is 12.5. The second-order valence-corrected chi connectivity index (χ2v) is 6.12. The number of hydrogen-bond acceptors (Lipinski definition) is 3. The third-order valence-electron chi connectivity index (χ3n) is 3.77. The Morgan fingerprint density at radius 1 is 1.50 bits per heavy atom. The van der Waals surface area contributed by atoms with Crippen molar-refractivity contribution in [2.75, 3.05) is 7.05 Å². The molecule has 1 unspecified atom stereocenters. The van der Waals surface area contributed by atoms with Gasteiger partial charge in [-0.3, -0.25) is 0 Å². The summed E-state index contributed by atoms with van der Waals surface area (Å²) in [5.41, 5.74) is 1.58. The zero-order valence-electron chi connectivity index (χ0n) is 10.9. The number of nitrogens with one attached hydrogen (secondary N) is 1. The van der Waals surface area contributed by atoms with Gasteiger partial charge in [0.1, 0.15) is 5.82 Å². The number of imidazole rings is 1. The highest BCUT2D eigenvalue weighted by Gasteiger charge is 2.20. The summed E-state index contributed by atoms with van der Waals surface area (Å²) in [5, 5.41) is 3.43. The maximum atomic E-state index is 4.42. The number of aromatic nitrogens is 2. The topological polar surface area (TPSA) is 29.9 Å². The first-order chi connectivity index (χ1) is 8.78. The number of likely N-dealkylation sites (N-methyl/N-ethyl adjacent to an activating group) is 1. The first-order valence-electron chi connectivity index (χ1n) is 6.53. The molecule has 0 aliphatic heterocycles. The van der Waals surface area contributed by atoms with Crippen LogP contribution in [0.15, 0.2) is 18.5 Å². The minimum atomic E-state index is 0.390. The summed E-state index contributed by atoms with van der Waals surface area (Å²) in [5.74, 6) is 1.14. The van der Waals surface area contributed by atoms with Crippen molar-refractivity contribution in [3.63, 3.8) is 0 Å². The van der Waals surface area contributed by atoms with E-state index in [0.29, 0.717) is 6.04 Å². The lowest BCUT2D eigenvalue weighted by Crippen LogP contribution is -2.19. The van der Waals surface area contributed by atoms with E-state index in [4.69, 9.17) is 0 Å². The van der Waals surface area contributed by atoms with Gasteiger partial charge < -0.3 is 9.88 Å². The Hall–Kier alpha value is -1.13. The van der Waals surface area contributed by atoms with E-state index < -0.39 is 0 Å². The molecular formula is C14H19N3S. The molecule has 96 valence electrons. The van der Waals surface area contributed by atoms with E-state index in [9.17, 15) is 0 Å². The molecule has 1 atom stereocenters. The quantitative estimate of drug-likeness (QED) is 0.916. The lowest BCUT2D eigenvalue weighted by atomic mass is 10.1. The van der Waals surface area contributed by atoms with Crippen molar-refractivity contribution in [2.45, 2.75) is 31.7 Å². The molecule has 1 N–H and O–H groups in total. The minimum absolute atomic E-state index is 0.390. The molecule has 1 aliphatic rings. The Bertz CT molecular complexity index is 519.